The molecule has 0 atom stereocenters. The van der Waals surface area contributed by atoms with E-state index >= 15 is 0 Å². The monoisotopic (exact) mass is 190 g/mol. The Balaban J connectivity index is 0. The molecule has 0 aliphatic carbocycles. The molecule has 0 aliphatic rings. The second kappa shape index (κ2) is 9.22. The molecule has 0 unspecified atom stereocenters. The van der Waals surface area contributed by atoms with E-state index in [1.807, 2.05) is 6.92 Å². The first-order valence-corrected chi connectivity index (χ1v) is 4.18. The molecule has 0 amide bonds. The number of aliphatic hydroxyl groups excluding tert-OH is 1. The normalized spacial score (nSPS) is 10.8. The van der Waals surface area contributed by atoms with Crippen molar-refractivity contribution in [2.45, 2.75) is 39.9 Å². The van der Waals surface area contributed by atoms with Gasteiger partial charge in [-0.25, -0.2) is 4.79 Å². The Labute approximate surface area is 78.5 Å². The van der Waals surface area contributed by atoms with E-state index in [1.54, 1.807) is 19.9 Å². The van der Waals surface area contributed by atoms with E-state index in [4.69, 9.17) is 15.3 Å². The van der Waals surface area contributed by atoms with Gasteiger partial charge in [0.15, 0.2) is 6.29 Å². The number of carboxylic acid groups (broad SMARTS) is 1. The minimum atomic E-state index is -1.10. The van der Waals surface area contributed by atoms with Gasteiger partial charge in [0.05, 0.1) is 0 Å². The second-order valence-corrected chi connectivity index (χ2v) is 2.55. The molecule has 4 heteroatoms. The van der Waals surface area contributed by atoms with Crippen molar-refractivity contribution in [3.8, 4) is 0 Å². The zero-order valence-corrected chi connectivity index (χ0v) is 8.32. The van der Waals surface area contributed by atoms with E-state index in [1.165, 1.54) is 0 Å². The maximum atomic E-state index is 9.86. The minimum absolute atomic E-state index is 0.389. The summed E-state index contributed by atoms with van der Waals surface area (Å²) in [5, 5.41) is 24.3. The van der Waals surface area contributed by atoms with Crippen molar-refractivity contribution in [2.24, 2.45) is 0 Å². The van der Waals surface area contributed by atoms with Crippen LogP contribution in [0.1, 0.15) is 33.6 Å². The first-order chi connectivity index (χ1) is 5.95. The van der Waals surface area contributed by atoms with Gasteiger partial charge in [-0.3, -0.25) is 0 Å². The molecule has 0 rings (SSSR count). The number of aliphatic carboxylic acids is 1. The molecule has 0 spiro atoms. The molecule has 13 heavy (non-hydrogen) atoms. The summed E-state index contributed by atoms with van der Waals surface area (Å²) in [4.78, 5) is 9.86. The summed E-state index contributed by atoms with van der Waals surface area (Å²) in [5.74, 6) is -0.845. The Bertz CT molecular complexity index is 161. The third kappa shape index (κ3) is 14.0. The predicted molar refractivity (Wildman–Crippen MR) is 50.2 cm³/mol. The van der Waals surface area contributed by atoms with Crippen molar-refractivity contribution in [1.29, 1.82) is 0 Å². The number of hydrogen-bond donors (Lipinski definition) is 3. The van der Waals surface area contributed by atoms with E-state index in [-0.39, 0.29) is 0 Å². The van der Waals surface area contributed by atoms with Crippen LogP contribution >= 0.6 is 0 Å². The van der Waals surface area contributed by atoms with Gasteiger partial charge in [-0.2, -0.15) is 0 Å². The van der Waals surface area contributed by atoms with Gasteiger partial charge in [-0.15, -0.1) is 0 Å². The van der Waals surface area contributed by atoms with E-state index in [2.05, 4.69) is 0 Å². The molecule has 0 saturated carbocycles. The third-order valence-corrected chi connectivity index (χ3v) is 1.32. The fourth-order valence-electron chi connectivity index (χ4n) is 0.382. The lowest BCUT2D eigenvalue weighted by atomic mass is 10.3. The molecule has 4 nitrogen and oxygen atoms in total. The Morgan fingerprint density at radius 2 is 1.92 bits per heavy atom. The Morgan fingerprint density at radius 3 is 1.92 bits per heavy atom. The van der Waals surface area contributed by atoms with Crippen LogP contribution in [-0.4, -0.2) is 27.6 Å². The van der Waals surface area contributed by atoms with Crippen LogP contribution in [0.4, 0.5) is 0 Å². The van der Waals surface area contributed by atoms with Crippen molar-refractivity contribution in [3.63, 3.8) is 0 Å². The number of carbonyl (C=O) groups is 1. The average molecular weight is 190 g/mol. The van der Waals surface area contributed by atoms with Gasteiger partial charge >= 0.3 is 5.97 Å². The highest BCUT2D eigenvalue weighted by Gasteiger charge is 1.93. The van der Waals surface area contributed by atoms with Gasteiger partial charge in [0.1, 0.15) is 0 Å². The standard InChI is InChI=1S/C5H8O2.C4H10O2/c1-3-4(2)5(6)7;1-2-3-4(5)6/h3H,1-2H3,(H,6,7);4-6H,2-3H2,1H3. The lowest BCUT2D eigenvalue weighted by molar-refractivity contribution is -0.132. The van der Waals surface area contributed by atoms with Crippen LogP contribution in [0.15, 0.2) is 11.6 Å². The van der Waals surface area contributed by atoms with Crippen LogP contribution in [0.25, 0.3) is 0 Å². The summed E-state index contributed by atoms with van der Waals surface area (Å²) in [7, 11) is 0. The number of hydrogen-bond acceptors (Lipinski definition) is 3. The van der Waals surface area contributed by atoms with Gasteiger partial charge in [0, 0.05) is 5.57 Å². The average Bonchev–Trinajstić information content (AvgIpc) is 2.03. The van der Waals surface area contributed by atoms with E-state index in [0.717, 1.165) is 6.42 Å². The van der Waals surface area contributed by atoms with Gasteiger partial charge in [-0.1, -0.05) is 19.4 Å². The SMILES string of the molecule is CC=C(C)C(=O)O.CCCC(O)O. The highest BCUT2D eigenvalue weighted by molar-refractivity contribution is 5.85. The van der Waals surface area contributed by atoms with Gasteiger partial charge in [-0.05, 0) is 20.3 Å². The smallest absolute Gasteiger partial charge is 0.330 e. The molecule has 0 radical (unpaired) electrons. The topological polar surface area (TPSA) is 77.8 Å². The van der Waals surface area contributed by atoms with Crippen molar-refractivity contribution in [2.75, 3.05) is 0 Å². The second-order valence-electron chi connectivity index (χ2n) is 2.55. The predicted octanol–water partition coefficient (Wildman–Crippen LogP) is 1.13. The highest BCUT2D eigenvalue weighted by atomic mass is 16.5. The minimum Gasteiger partial charge on any atom is -0.478 e. The van der Waals surface area contributed by atoms with Crippen molar-refractivity contribution < 1.29 is 20.1 Å². The number of allylic oxidation sites excluding steroid dienone is 1. The van der Waals surface area contributed by atoms with Crippen LogP contribution < -0.4 is 0 Å². The summed E-state index contributed by atoms with van der Waals surface area (Å²) < 4.78 is 0. The van der Waals surface area contributed by atoms with E-state index in [0.29, 0.717) is 12.0 Å². The first kappa shape index (κ1) is 14.6. The van der Waals surface area contributed by atoms with Crippen LogP contribution in [-0.2, 0) is 4.79 Å². The van der Waals surface area contributed by atoms with Crippen molar-refractivity contribution >= 4 is 5.97 Å². The quantitative estimate of drug-likeness (QED) is 0.460. The first-order valence-electron chi connectivity index (χ1n) is 4.18. The molecule has 0 heterocycles. The molecule has 0 aliphatic heterocycles. The molecular weight excluding hydrogens is 172 g/mol. The number of rotatable bonds is 3. The summed E-state index contributed by atoms with van der Waals surface area (Å²) in [6.45, 7) is 5.16. The zero-order valence-electron chi connectivity index (χ0n) is 8.32. The van der Waals surface area contributed by atoms with E-state index in [9.17, 15) is 4.79 Å². The largest absolute Gasteiger partial charge is 0.478 e. The summed E-state index contributed by atoms with van der Waals surface area (Å²) in [5.41, 5.74) is 0.389. The van der Waals surface area contributed by atoms with Gasteiger partial charge < -0.3 is 15.3 Å². The molecule has 0 aromatic rings. The Kier molecular flexibility index (Phi) is 10.4. The number of aliphatic hydroxyl groups is 2. The van der Waals surface area contributed by atoms with Crippen molar-refractivity contribution in [1.82, 2.24) is 0 Å². The lowest BCUT2D eigenvalue weighted by Crippen LogP contribution is -2.01. The lowest BCUT2D eigenvalue weighted by Gasteiger charge is -1.94. The Morgan fingerprint density at radius 1 is 1.46 bits per heavy atom. The third-order valence-electron chi connectivity index (χ3n) is 1.32. The Hall–Kier alpha value is -0.870. The van der Waals surface area contributed by atoms with Crippen LogP contribution in [0.5, 0.6) is 0 Å². The fraction of sp³-hybridized carbons (Fsp3) is 0.667. The van der Waals surface area contributed by atoms with E-state index < -0.39 is 12.3 Å². The molecule has 78 valence electrons. The molecule has 0 aromatic carbocycles. The molecule has 0 fully saturated rings. The van der Waals surface area contributed by atoms with Crippen molar-refractivity contribution in [3.05, 3.63) is 11.6 Å². The summed E-state index contributed by atoms with van der Waals surface area (Å²) in [6, 6.07) is 0. The molecule has 0 aromatic heterocycles. The fourth-order valence-corrected chi connectivity index (χ4v) is 0.382. The number of carboxylic acids is 1. The maximum Gasteiger partial charge on any atom is 0.330 e. The molecule has 0 bridgehead atoms. The van der Waals surface area contributed by atoms with Crippen LogP contribution in [0, 0.1) is 0 Å². The molecule has 3 N–H and O–H groups in total. The molecule has 0 saturated heterocycles. The summed E-state index contributed by atoms with van der Waals surface area (Å²) in [6.07, 6.45) is 1.77. The maximum absolute atomic E-state index is 9.86. The highest BCUT2D eigenvalue weighted by Crippen LogP contribution is 1.88. The van der Waals surface area contributed by atoms with Gasteiger partial charge in [0.2, 0.25) is 0 Å². The van der Waals surface area contributed by atoms with Crippen LogP contribution in [0.3, 0.4) is 0 Å². The van der Waals surface area contributed by atoms with Gasteiger partial charge in [0.25, 0.3) is 0 Å². The zero-order chi connectivity index (χ0) is 10.9. The van der Waals surface area contributed by atoms with Crippen LogP contribution in [0.2, 0.25) is 0 Å². The molecular formula is C9H18O4. The summed E-state index contributed by atoms with van der Waals surface area (Å²) >= 11 is 0.